The van der Waals surface area contributed by atoms with Crippen LogP contribution in [0.3, 0.4) is 0 Å². The minimum atomic E-state index is -0.283. The Bertz CT molecular complexity index is 421. The van der Waals surface area contributed by atoms with Crippen LogP contribution in [0, 0.1) is 16.0 Å². The summed E-state index contributed by atoms with van der Waals surface area (Å²) in [6.45, 7) is 7.59. The standard InChI is InChI=1S/C16H26N2O2/c1-4-12-17-13(3)14(5-2)10-11-15-8-6-7-9-16(15)18(19)20/h6-9,13-14,17H,4-5,10-12H2,1-3H3. The summed E-state index contributed by atoms with van der Waals surface area (Å²) in [7, 11) is 0. The SMILES string of the molecule is CCCNC(C)C(CC)CCc1ccccc1[N+](=O)[O-]. The number of rotatable bonds is 9. The van der Waals surface area contributed by atoms with E-state index in [4.69, 9.17) is 0 Å². The molecule has 0 saturated carbocycles. The van der Waals surface area contributed by atoms with Gasteiger partial charge < -0.3 is 5.32 Å². The summed E-state index contributed by atoms with van der Waals surface area (Å²) in [5.41, 5.74) is 1.09. The molecule has 1 rings (SSSR count). The third-order valence-electron chi connectivity index (χ3n) is 3.92. The van der Waals surface area contributed by atoms with Gasteiger partial charge in [0.15, 0.2) is 0 Å². The van der Waals surface area contributed by atoms with Crippen LogP contribution >= 0.6 is 0 Å². The number of nitro benzene ring substituents is 1. The highest BCUT2D eigenvalue weighted by atomic mass is 16.6. The first-order chi connectivity index (χ1) is 9.60. The predicted octanol–water partition coefficient (Wildman–Crippen LogP) is 3.94. The van der Waals surface area contributed by atoms with Crippen molar-refractivity contribution in [3.05, 3.63) is 39.9 Å². The van der Waals surface area contributed by atoms with Gasteiger partial charge in [-0.2, -0.15) is 0 Å². The third-order valence-corrected chi connectivity index (χ3v) is 3.92. The molecule has 112 valence electrons. The van der Waals surface area contributed by atoms with Crippen molar-refractivity contribution in [3.8, 4) is 0 Å². The third kappa shape index (κ3) is 4.93. The Labute approximate surface area is 121 Å². The monoisotopic (exact) mass is 278 g/mol. The topological polar surface area (TPSA) is 55.2 Å². The maximum Gasteiger partial charge on any atom is 0.272 e. The highest BCUT2D eigenvalue weighted by Crippen LogP contribution is 2.23. The summed E-state index contributed by atoms with van der Waals surface area (Å²) in [6.07, 6.45) is 3.98. The zero-order valence-corrected chi connectivity index (χ0v) is 12.8. The number of para-hydroxylation sites is 1. The van der Waals surface area contributed by atoms with Crippen molar-refractivity contribution in [3.63, 3.8) is 0 Å². The van der Waals surface area contributed by atoms with E-state index in [2.05, 4.69) is 26.1 Å². The summed E-state index contributed by atoms with van der Waals surface area (Å²) in [6, 6.07) is 7.53. The minimum Gasteiger partial charge on any atom is -0.314 e. The highest BCUT2D eigenvalue weighted by molar-refractivity contribution is 5.39. The Morgan fingerprint density at radius 2 is 2.00 bits per heavy atom. The van der Waals surface area contributed by atoms with Crippen LogP contribution in [-0.4, -0.2) is 17.5 Å². The molecule has 4 heteroatoms. The zero-order chi connectivity index (χ0) is 15.0. The number of benzene rings is 1. The molecule has 0 radical (unpaired) electrons. The Kier molecular flexibility index (Phi) is 7.23. The lowest BCUT2D eigenvalue weighted by atomic mass is 9.90. The molecule has 1 N–H and O–H groups in total. The van der Waals surface area contributed by atoms with Gasteiger partial charge in [-0.15, -0.1) is 0 Å². The summed E-state index contributed by atoms with van der Waals surface area (Å²) < 4.78 is 0. The number of nitro groups is 1. The van der Waals surface area contributed by atoms with Gasteiger partial charge in [0.2, 0.25) is 0 Å². The van der Waals surface area contributed by atoms with Crippen LogP contribution in [-0.2, 0) is 6.42 Å². The normalized spacial score (nSPS) is 13.9. The zero-order valence-electron chi connectivity index (χ0n) is 12.8. The van der Waals surface area contributed by atoms with Crippen molar-refractivity contribution in [1.29, 1.82) is 0 Å². The van der Waals surface area contributed by atoms with Gasteiger partial charge in [-0.05, 0) is 38.6 Å². The van der Waals surface area contributed by atoms with Gasteiger partial charge in [-0.3, -0.25) is 10.1 Å². The van der Waals surface area contributed by atoms with E-state index in [9.17, 15) is 10.1 Å². The van der Waals surface area contributed by atoms with Crippen LogP contribution in [0.25, 0.3) is 0 Å². The van der Waals surface area contributed by atoms with E-state index in [0.717, 1.165) is 37.8 Å². The minimum absolute atomic E-state index is 0.247. The first-order valence-corrected chi connectivity index (χ1v) is 7.55. The van der Waals surface area contributed by atoms with Crippen LogP contribution in [0.5, 0.6) is 0 Å². The number of hydrogen-bond donors (Lipinski definition) is 1. The van der Waals surface area contributed by atoms with Crippen LogP contribution in [0.15, 0.2) is 24.3 Å². The molecular weight excluding hydrogens is 252 g/mol. The molecule has 20 heavy (non-hydrogen) atoms. The molecule has 0 saturated heterocycles. The fourth-order valence-electron chi connectivity index (χ4n) is 2.59. The van der Waals surface area contributed by atoms with Gasteiger partial charge in [0, 0.05) is 17.7 Å². The number of nitrogens with zero attached hydrogens (tertiary/aromatic N) is 1. The summed E-state index contributed by atoms with van der Waals surface area (Å²) in [5, 5.41) is 14.5. The molecule has 1 aromatic rings. The van der Waals surface area contributed by atoms with E-state index >= 15 is 0 Å². The second-order valence-corrected chi connectivity index (χ2v) is 5.34. The first kappa shape index (κ1) is 16.6. The van der Waals surface area contributed by atoms with E-state index in [1.54, 1.807) is 12.1 Å². The van der Waals surface area contributed by atoms with Crippen molar-refractivity contribution in [2.45, 2.75) is 52.5 Å². The molecule has 2 unspecified atom stereocenters. The van der Waals surface area contributed by atoms with Gasteiger partial charge in [0.25, 0.3) is 5.69 Å². The highest BCUT2D eigenvalue weighted by Gasteiger charge is 2.17. The van der Waals surface area contributed by atoms with Gasteiger partial charge in [-0.25, -0.2) is 0 Å². The second kappa shape index (κ2) is 8.69. The largest absolute Gasteiger partial charge is 0.314 e. The molecular formula is C16H26N2O2. The molecule has 0 aromatic heterocycles. The van der Waals surface area contributed by atoms with Crippen LogP contribution in [0.4, 0.5) is 5.69 Å². The van der Waals surface area contributed by atoms with Crippen LogP contribution < -0.4 is 5.32 Å². The van der Waals surface area contributed by atoms with Gasteiger partial charge in [-0.1, -0.05) is 38.5 Å². The average Bonchev–Trinajstić information content (AvgIpc) is 2.45. The van der Waals surface area contributed by atoms with Crippen molar-refractivity contribution in [1.82, 2.24) is 5.32 Å². The molecule has 0 bridgehead atoms. The molecule has 0 heterocycles. The van der Waals surface area contributed by atoms with E-state index in [1.807, 2.05) is 12.1 Å². The molecule has 0 amide bonds. The van der Waals surface area contributed by atoms with Crippen LogP contribution in [0.1, 0.15) is 45.6 Å². The van der Waals surface area contributed by atoms with E-state index < -0.39 is 0 Å². The van der Waals surface area contributed by atoms with Crippen molar-refractivity contribution in [2.24, 2.45) is 5.92 Å². The Morgan fingerprint density at radius 1 is 1.30 bits per heavy atom. The fourth-order valence-corrected chi connectivity index (χ4v) is 2.59. The molecule has 0 aliphatic heterocycles. The Balaban J connectivity index is 2.62. The lowest BCUT2D eigenvalue weighted by Crippen LogP contribution is -2.34. The van der Waals surface area contributed by atoms with Crippen LogP contribution in [0.2, 0.25) is 0 Å². The molecule has 2 atom stereocenters. The van der Waals surface area contributed by atoms with E-state index in [1.165, 1.54) is 0 Å². The molecule has 0 fully saturated rings. The Morgan fingerprint density at radius 3 is 2.60 bits per heavy atom. The average molecular weight is 278 g/mol. The van der Waals surface area contributed by atoms with Crippen molar-refractivity contribution >= 4 is 5.69 Å². The molecule has 0 aliphatic carbocycles. The van der Waals surface area contributed by atoms with E-state index in [0.29, 0.717) is 12.0 Å². The summed E-state index contributed by atoms with van der Waals surface area (Å²) >= 11 is 0. The van der Waals surface area contributed by atoms with E-state index in [-0.39, 0.29) is 10.6 Å². The van der Waals surface area contributed by atoms with Gasteiger partial charge in [0.1, 0.15) is 0 Å². The lowest BCUT2D eigenvalue weighted by molar-refractivity contribution is -0.385. The molecule has 4 nitrogen and oxygen atoms in total. The first-order valence-electron chi connectivity index (χ1n) is 7.55. The summed E-state index contributed by atoms with van der Waals surface area (Å²) in [4.78, 5) is 10.7. The van der Waals surface area contributed by atoms with Crippen molar-refractivity contribution < 1.29 is 4.92 Å². The maximum atomic E-state index is 11.0. The molecule has 0 aliphatic rings. The maximum absolute atomic E-state index is 11.0. The number of nitrogens with one attached hydrogen (secondary N) is 1. The Hall–Kier alpha value is -1.42. The van der Waals surface area contributed by atoms with Gasteiger partial charge in [0.05, 0.1) is 4.92 Å². The second-order valence-electron chi connectivity index (χ2n) is 5.34. The summed E-state index contributed by atoms with van der Waals surface area (Å²) in [5.74, 6) is 0.557. The smallest absolute Gasteiger partial charge is 0.272 e. The van der Waals surface area contributed by atoms with Gasteiger partial charge >= 0.3 is 0 Å². The lowest BCUT2D eigenvalue weighted by Gasteiger charge is -2.23. The number of hydrogen-bond acceptors (Lipinski definition) is 3. The number of aryl methyl sites for hydroxylation is 1. The predicted molar refractivity (Wildman–Crippen MR) is 83.0 cm³/mol. The molecule has 1 aromatic carbocycles. The molecule has 0 spiro atoms. The van der Waals surface area contributed by atoms with Crippen molar-refractivity contribution in [2.75, 3.05) is 6.54 Å². The quantitative estimate of drug-likeness (QED) is 0.550. The fraction of sp³-hybridized carbons (Fsp3) is 0.625.